The maximum atomic E-state index is 12.0. The van der Waals surface area contributed by atoms with Crippen LogP contribution < -0.4 is 15.4 Å². The molecule has 0 aromatic heterocycles. The lowest BCUT2D eigenvalue weighted by Crippen LogP contribution is -2.40. The predicted octanol–water partition coefficient (Wildman–Crippen LogP) is 1.29. The molecule has 2 rings (SSSR count). The molecular formula is C18H23N3O6. The minimum atomic E-state index is -0.933. The summed E-state index contributed by atoms with van der Waals surface area (Å²) >= 11 is 0. The van der Waals surface area contributed by atoms with Gasteiger partial charge in [-0.3, -0.25) is 19.3 Å². The van der Waals surface area contributed by atoms with E-state index in [0.717, 1.165) is 4.90 Å². The highest BCUT2D eigenvalue weighted by atomic mass is 16.5. The smallest absolute Gasteiger partial charge is 0.325 e. The van der Waals surface area contributed by atoms with Gasteiger partial charge in [0.25, 0.3) is 11.8 Å². The average Bonchev–Trinajstić information content (AvgIpc) is 2.82. The van der Waals surface area contributed by atoms with Crippen molar-refractivity contribution in [1.82, 2.24) is 10.2 Å². The second-order valence-corrected chi connectivity index (χ2v) is 6.55. The zero-order chi connectivity index (χ0) is 20.0. The maximum Gasteiger partial charge on any atom is 0.325 e. The van der Waals surface area contributed by atoms with E-state index < -0.39 is 30.1 Å². The van der Waals surface area contributed by atoms with Crippen molar-refractivity contribution in [2.75, 3.05) is 25.6 Å². The molecule has 4 amide bonds. The first kappa shape index (κ1) is 20.2. The summed E-state index contributed by atoms with van der Waals surface area (Å²) in [6.45, 7) is 2.92. The third-order valence-corrected chi connectivity index (χ3v) is 3.95. The van der Waals surface area contributed by atoms with Crippen molar-refractivity contribution in [3.8, 4) is 5.75 Å². The van der Waals surface area contributed by atoms with Gasteiger partial charge >= 0.3 is 12.0 Å². The van der Waals surface area contributed by atoms with E-state index in [-0.39, 0.29) is 25.3 Å². The van der Waals surface area contributed by atoms with E-state index in [9.17, 15) is 19.2 Å². The lowest BCUT2D eigenvalue weighted by atomic mass is 10.1. The van der Waals surface area contributed by atoms with E-state index in [0.29, 0.717) is 11.4 Å². The van der Waals surface area contributed by atoms with Crippen LogP contribution in [0.3, 0.4) is 0 Å². The van der Waals surface area contributed by atoms with Gasteiger partial charge in [0.05, 0.1) is 7.11 Å². The van der Waals surface area contributed by atoms with Gasteiger partial charge < -0.3 is 20.1 Å². The Labute approximate surface area is 157 Å². The van der Waals surface area contributed by atoms with E-state index in [1.165, 1.54) is 0 Å². The molecule has 146 valence electrons. The van der Waals surface area contributed by atoms with Gasteiger partial charge in [-0.15, -0.1) is 0 Å². The Morgan fingerprint density at radius 3 is 2.41 bits per heavy atom. The SMILES string of the molecule is COc1ccc(NC(=O)COC(=O)CCCN2C(=O)NC(C)(C)C2=O)cc1. The molecule has 1 aromatic carbocycles. The fourth-order valence-corrected chi connectivity index (χ4v) is 2.49. The molecule has 1 fully saturated rings. The van der Waals surface area contributed by atoms with Gasteiger partial charge in [0.1, 0.15) is 11.3 Å². The second kappa shape index (κ2) is 8.52. The van der Waals surface area contributed by atoms with Crippen molar-refractivity contribution in [3.63, 3.8) is 0 Å². The summed E-state index contributed by atoms with van der Waals surface area (Å²) in [6.07, 6.45) is 0.251. The van der Waals surface area contributed by atoms with Crippen LogP contribution in [0.15, 0.2) is 24.3 Å². The molecule has 1 aromatic rings. The third kappa shape index (κ3) is 5.44. The maximum absolute atomic E-state index is 12.0. The summed E-state index contributed by atoms with van der Waals surface area (Å²) in [6, 6.07) is 6.24. The number of urea groups is 1. The zero-order valence-corrected chi connectivity index (χ0v) is 15.5. The number of hydrogen-bond acceptors (Lipinski definition) is 6. The number of nitrogens with one attached hydrogen (secondary N) is 2. The molecule has 0 spiro atoms. The van der Waals surface area contributed by atoms with E-state index in [1.807, 2.05) is 0 Å². The Hall–Kier alpha value is -3.10. The molecule has 0 atom stereocenters. The van der Waals surface area contributed by atoms with E-state index in [4.69, 9.17) is 9.47 Å². The van der Waals surface area contributed by atoms with Crippen LogP contribution in [0.1, 0.15) is 26.7 Å². The van der Waals surface area contributed by atoms with Crippen LogP contribution in [0.5, 0.6) is 5.75 Å². The number of carbonyl (C=O) groups is 4. The fraction of sp³-hybridized carbons (Fsp3) is 0.444. The summed E-state index contributed by atoms with van der Waals surface area (Å²) in [4.78, 5) is 48.3. The first-order chi connectivity index (χ1) is 12.7. The van der Waals surface area contributed by atoms with Crippen molar-refractivity contribution in [2.24, 2.45) is 0 Å². The number of carbonyl (C=O) groups excluding carboxylic acids is 4. The molecule has 0 radical (unpaired) electrons. The Morgan fingerprint density at radius 2 is 1.85 bits per heavy atom. The Kier molecular flexibility index (Phi) is 6.38. The molecule has 9 nitrogen and oxygen atoms in total. The quantitative estimate of drug-likeness (QED) is 0.521. The van der Waals surface area contributed by atoms with Crippen molar-refractivity contribution in [1.29, 1.82) is 0 Å². The summed E-state index contributed by atoms with van der Waals surface area (Å²) in [5.74, 6) is -0.719. The van der Waals surface area contributed by atoms with Crippen LogP contribution in [0, 0.1) is 0 Å². The topological polar surface area (TPSA) is 114 Å². The Bertz CT molecular complexity index is 729. The predicted molar refractivity (Wildman–Crippen MR) is 96.1 cm³/mol. The molecule has 0 aliphatic carbocycles. The number of anilines is 1. The molecule has 1 aliphatic heterocycles. The molecule has 0 saturated carbocycles. The van der Waals surface area contributed by atoms with Gasteiger partial charge in [0.15, 0.2) is 6.61 Å². The monoisotopic (exact) mass is 377 g/mol. The first-order valence-electron chi connectivity index (χ1n) is 8.46. The minimum Gasteiger partial charge on any atom is -0.497 e. The van der Waals surface area contributed by atoms with Gasteiger partial charge in [0.2, 0.25) is 0 Å². The van der Waals surface area contributed by atoms with Crippen LogP contribution in [-0.4, -0.2) is 54.5 Å². The van der Waals surface area contributed by atoms with Crippen molar-refractivity contribution in [3.05, 3.63) is 24.3 Å². The average molecular weight is 377 g/mol. The number of esters is 1. The van der Waals surface area contributed by atoms with Gasteiger partial charge in [-0.2, -0.15) is 0 Å². The fourth-order valence-electron chi connectivity index (χ4n) is 2.49. The van der Waals surface area contributed by atoms with Crippen molar-refractivity contribution >= 4 is 29.5 Å². The van der Waals surface area contributed by atoms with Gasteiger partial charge in [0, 0.05) is 18.7 Å². The summed E-state index contributed by atoms with van der Waals surface area (Å²) in [5, 5.41) is 5.15. The highest BCUT2D eigenvalue weighted by Gasteiger charge is 2.43. The molecule has 0 unspecified atom stereocenters. The number of imide groups is 1. The van der Waals surface area contributed by atoms with Crippen LogP contribution >= 0.6 is 0 Å². The molecule has 27 heavy (non-hydrogen) atoms. The number of ether oxygens (including phenoxy) is 2. The van der Waals surface area contributed by atoms with Crippen LogP contribution in [-0.2, 0) is 19.1 Å². The molecular weight excluding hydrogens is 354 g/mol. The molecule has 1 saturated heterocycles. The molecule has 9 heteroatoms. The Morgan fingerprint density at radius 1 is 1.19 bits per heavy atom. The highest BCUT2D eigenvalue weighted by Crippen LogP contribution is 2.17. The largest absolute Gasteiger partial charge is 0.497 e. The summed E-state index contributed by atoms with van der Waals surface area (Å²) in [5.41, 5.74) is -0.380. The van der Waals surface area contributed by atoms with Gasteiger partial charge in [-0.1, -0.05) is 0 Å². The highest BCUT2D eigenvalue weighted by molar-refractivity contribution is 6.06. The number of amides is 4. The Balaban J connectivity index is 1.67. The minimum absolute atomic E-state index is 0.00664. The molecule has 0 bridgehead atoms. The second-order valence-electron chi connectivity index (χ2n) is 6.55. The van der Waals surface area contributed by atoms with Gasteiger partial charge in [-0.25, -0.2) is 4.79 Å². The van der Waals surface area contributed by atoms with E-state index in [2.05, 4.69) is 10.6 Å². The van der Waals surface area contributed by atoms with Crippen LogP contribution in [0.25, 0.3) is 0 Å². The van der Waals surface area contributed by atoms with Crippen LogP contribution in [0.2, 0.25) is 0 Å². The van der Waals surface area contributed by atoms with Crippen molar-refractivity contribution < 1.29 is 28.7 Å². The number of methoxy groups -OCH3 is 1. The van der Waals surface area contributed by atoms with Crippen LogP contribution in [0.4, 0.5) is 10.5 Å². The summed E-state index contributed by atoms with van der Waals surface area (Å²) in [7, 11) is 1.54. The number of hydrogen-bond donors (Lipinski definition) is 2. The number of benzene rings is 1. The third-order valence-electron chi connectivity index (χ3n) is 3.95. The van der Waals surface area contributed by atoms with Gasteiger partial charge in [-0.05, 0) is 44.5 Å². The summed E-state index contributed by atoms with van der Waals surface area (Å²) < 4.78 is 9.92. The molecule has 2 N–H and O–H groups in total. The normalized spacial score (nSPS) is 15.3. The van der Waals surface area contributed by atoms with Crippen molar-refractivity contribution in [2.45, 2.75) is 32.2 Å². The van der Waals surface area contributed by atoms with E-state index in [1.54, 1.807) is 45.2 Å². The zero-order valence-electron chi connectivity index (χ0n) is 15.5. The van der Waals surface area contributed by atoms with E-state index >= 15 is 0 Å². The molecule has 1 aliphatic rings. The first-order valence-corrected chi connectivity index (χ1v) is 8.46. The number of rotatable bonds is 8. The lowest BCUT2D eigenvalue weighted by Gasteiger charge is -2.15. The standard InChI is InChI=1S/C18H23N3O6/c1-18(2)16(24)21(17(25)20-18)10-4-5-15(23)27-11-14(22)19-12-6-8-13(26-3)9-7-12/h6-9H,4-5,10-11H2,1-3H3,(H,19,22)(H,20,25). The lowest BCUT2D eigenvalue weighted by molar-refractivity contribution is -0.147. The molecule has 1 heterocycles. The number of nitrogens with zero attached hydrogens (tertiary/aromatic N) is 1.